The monoisotopic (exact) mass is 263 g/mol. The van der Waals surface area contributed by atoms with Gasteiger partial charge in [-0.3, -0.25) is 0 Å². The summed E-state index contributed by atoms with van der Waals surface area (Å²) in [5.41, 5.74) is 1.01. The minimum atomic E-state index is -0.361. The van der Waals surface area contributed by atoms with Gasteiger partial charge in [-0.05, 0) is 44.2 Å². The first-order valence-electron chi connectivity index (χ1n) is 7.39. The van der Waals surface area contributed by atoms with Gasteiger partial charge in [-0.1, -0.05) is 30.3 Å². The molecule has 0 aliphatic carbocycles. The lowest BCUT2D eigenvalue weighted by Gasteiger charge is -2.25. The largest absolute Gasteiger partial charge is 0.396 e. The second-order valence-corrected chi connectivity index (χ2v) is 5.41. The second kappa shape index (κ2) is 7.63. The quantitative estimate of drug-likeness (QED) is 0.793. The van der Waals surface area contributed by atoms with Crippen molar-refractivity contribution < 1.29 is 10.2 Å². The van der Waals surface area contributed by atoms with Gasteiger partial charge in [0.05, 0.1) is 6.10 Å². The molecule has 0 radical (unpaired) electrons. The van der Waals surface area contributed by atoms with Crippen molar-refractivity contribution in [2.24, 2.45) is 0 Å². The third-order valence-corrected chi connectivity index (χ3v) is 4.07. The van der Waals surface area contributed by atoms with E-state index in [9.17, 15) is 5.11 Å². The summed E-state index contributed by atoms with van der Waals surface area (Å²) >= 11 is 0. The smallest absolute Gasteiger partial charge is 0.0802 e. The zero-order valence-corrected chi connectivity index (χ0v) is 11.5. The van der Waals surface area contributed by atoms with E-state index < -0.39 is 0 Å². The number of benzene rings is 1. The van der Waals surface area contributed by atoms with E-state index in [4.69, 9.17) is 5.11 Å². The summed E-state index contributed by atoms with van der Waals surface area (Å²) in [6, 6.07) is 10.5. The molecule has 0 amide bonds. The van der Waals surface area contributed by atoms with E-state index in [0.717, 1.165) is 37.9 Å². The number of nitrogens with zero attached hydrogens (tertiary/aromatic N) is 1. The molecule has 1 heterocycles. The lowest BCUT2D eigenvalue weighted by molar-refractivity contribution is 0.133. The second-order valence-electron chi connectivity index (χ2n) is 5.41. The molecular formula is C16H25NO2. The first-order chi connectivity index (χ1) is 9.31. The van der Waals surface area contributed by atoms with Crippen LogP contribution in [0.15, 0.2) is 30.3 Å². The van der Waals surface area contributed by atoms with Crippen molar-refractivity contribution in [3.05, 3.63) is 35.9 Å². The Bertz CT molecular complexity index is 355. The molecule has 1 aliphatic heterocycles. The van der Waals surface area contributed by atoms with Gasteiger partial charge in [-0.25, -0.2) is 0 Å². The van der Waals surface area contributed by atoms with Gasteiger partial charge in [-0.2, -0.15) is 0 Å². The van der Waals surface area contributed by atoms with E-state index >= 15 is 0 Å². The molecule has 3 nitrogen and oxygen atoms in total. The Morgan fingerprint density at radius 2 is 2.05 bits per heavy atom. The van der Waals surface area contributed by atoms with Gasteiger partial charge in [0.1, 0.15) is 0 Å². The molecule has 2 rings (SSSR count). The van der Waals surface area contributed by atoms with Crippen LogP contribution in [0, 0.1) is 0 Å². The van der Waals surface area contributed by atoms with Gasteiger partial charge in [0.2, 0.25) is 0 Å². The highest BCUT2D eigenvalue weighted by atomic mass is 16.3. The zero-order chi connectivity index (χ0) is 13.5. The predicted molar refractivity (Wildman–Crippen MR) is 76.9 cm³/mol. The molecule has 2 N–H and O–H groups in total. The molecule has 0 bridgehead atoms. The van der Waals surface area contributed by atoms with Crippen LogP contribution in [0.4, 0.5) is 0 Å². The fraction of sp³-hybridized carbons (Fsp3) is 0.625. The Balaban J connectivity index is 1.78. The van der Waals surface area contributed by atoms with E-state index in [1.165, 1.54) is 12.8 Å². The van der Waals surface area contributed by atoms with Crippen LogP contribution >= 0.6 is 0 Å². The third kappa shape index (κ3) is 4.30. The van der Waals surface area contributed by atoms with Crippen LogP contribution in [0.5, 0.6) is 0 Å². The molecule has 1 aromatic carbocycles. The molecule has 1 saturated heterocycles. The molecule has 2 unspecified atom stereocenters. The van der Waals surface area contributed by atoms with Crippen LogP contribution in [0.1, 0.15) is 43.8 Å². The van der Waals surface area contributed by atoms with Crippen LogP contribution in [-0.4, -0.2) is 40.9 Å². The standard InChI is InChI=1S/C16H25NO2/c18-13-5-9-15-8-4-11-17(15)12-10-16(19)14-6-2-1-3-7-14/h1-3,6-7,15-16,18-19H,4-5,8-13H2. The molecular weight excluding hydrogens is 238 g/mol. The van der Waals surface area contributed by atoms with Gasteiger partial charge >= 0.3 is 0 Å². The topological polar surface area (TPSA) is 43.7 Å². The van der Waals surface area contributed by atoms with E-state index in [2.05, 4.69) is 4.90 Å². The van der Waals surface area contributed by atoms with Crippen molar-refractivity contribution >= 4 is 0 Å². The minimum absolute atomic E-state index is 0.289. The van der Waals surface area contributed by atoms with Gasteiger partial charge in [0.15, 0.2) is 0 Å². The first kappa shape index (κ1) is 14.5. The highest BCUT2D eigenvalue weighted by Crippen LogP contribution is 2.24. The van der Waals surface area contributed by atoms with Crippen LogP contribution in [0.25, 0.3) is 0 Å². The maximum Gasteiger partial charge on any atom is 0.0802 e. The summed E-state index contributed by atoms with van der Waals surface area (Å²) in [5, 5.41) is 19.1. The molecule has 3 heteroatoms. The Morgan fingerprint density at radius 3 is 2.79 bits per heavy atom. The van der Waals surface area contributed by atoms with Crippen molar-refractivity contribution in [3.8, 4) is 0 Å². The van der Waals surface area contributed by atoms with Crippen molar-refractivity contribution in [3.63, 3.8) is 0 Å². The first-order valence-corrected chi connectivity index (χ1v) is 7.39. The number of aliphatic hydroxyl groups is 2. The Kier molecular flexibility index (Phi) is 5.83. The summed E-state index contributed by atoms with van der Waals surface area (Å²) in [4.78, 5) is 2.47. The number of hydrogen-bond acceptors (Lipinski definition) is 3. The van der Waals surface area contributed by atoms with Crippen molar-refractivity contribution in [2.75, 3.05) is 19.7 Å². The van der Waals surface area contributed by atoms with E-state index in [1.54, 1.807) is 0 Å². The summed E-state index contributed by atoms with van der Waals surface area (Å²) in [5.74, 6) is 0. The molecule has 1 fully saturated rings. The number of rotatable bonds is 7. The Hall–Kier alpha value is -0.900. The summed E-state index contributed by atoms with van der Waals surface area (Å²) in [6.07, 6.45) is 4.89. The molecule has 2 atom stereocenters. The predicted octanol–water partition coefficient (Wildman–Crippen LogP) is 2.35. The van der Waals surface area contributed by atoms with Crippen molar-refractivity contribution in [1.29, 1.82) is 0 Å². The lowest BCUT2D eigenvalue weighted by atomic mass is 10.1. The highest BCUT2D eigenvalue weighted by Gasteiger charge is 2.24. The van der Waals surface area contributed by atoms with Gasteiger partial charge < -0.3 is 15.1 Å². The van der Waals surface area contributed by atoms with E-state index in [0.29, 0.717) is 6.04 Å². The molecule has 106 valence electrons. The normalized spacial score (nSPS) is 21.7. The SMILES string of the molecule is OCCCC1CCCN1CCC(O)c1ccccc1. The Labute approximate surface area is 115 Å². The minimum Gasteiger partial charge on any atom is -0.396 e. The van der Waals surface area contributed by atoms with Crippen LogP contribution < -0.4 is 0 Å². The Morgan fingerprint density at radius 1 is 1.26 bits per heavy atom. The van der Waals surface area contributed by atoms with Crippen LogP contribution in [0.2, 0.25) is 0 Å². The fourth-order valence-corrected chi connectivity index (χ4v) is 2.97. The molecule has 19 heavy (non-hydrogen) atoms. The van der Waals surface area contributed by atoms with Gasteiger partial charge in [0, 0.05) is 19.2 Å². The number of likely N-dealkylation sites (tertiary alicyclic amines) is 1. The number of hydrogen-bond donors (Lipinski definition) is 2. The molecule has 0 aromatic heterocycles. The van der Waals surface area contributed by atoms with Gasteiger partial charge in [0.25, 0.3) is 0 Å². The summed E-state index contributed by atoms with van der Waals surface area (Å²) < 4.78 is 0. The zero-order valence-electron chi connectivity index (χ0n) is 11.5. The average Bonchev–Trinajstić information content (AvgIpc) is 2.91. The summed E-state index contributed by atoms with van der Waals surface area (Å²) in [7, 11) is 0. The lowest BCUT2D eigenvalue weighted by Crippen LogP contribution is -2.31. The average molecular weight is 263 g/mol. The highest BCUT2D eigenvalue weighted by molar-refractivity contribution is 5.17. The molecule has 1 aromatic rings. The maximum atomic E-state index is 10.2. The van der Waals surface area contributed by atoms with E-state index in [1.807, 2.05) is 30.3 Å². The molecule has 1 aliphatic rings. The van der Waals surface area contributed by atoms with E-state index in [-0.39, 0.29) is 12.7 Å². The van der Waals surface area contributed by atoms with Crippen molar-refractivity contribution in [1.82, 2.24) is 4.90 Å². The summed E-state index contributed by atoms with van der Waals surface area (Å²) in [6.45, 7) is 2.38. The molecule has 0 saturated carbocycles. The molecule has 0 spiro atoms. The number of aliphatic hydroxyl groups excluding tert-OH is 2. The van der Waals surface area contributed by atoms with Crippen molar-refractivity contribution in [2.45, 2.75) is 44.2 Å². The van der Waals surface area contributed by atoms with Crippen LogP contribution in [-0.2, 0) is 0 Å². The van der Waals surface area contributed by atoms with Gasteiger partial charge in [-0.15, -0.1) is 0 Å². The van der Waals surface area contributed by atoms with Crippen LogP contribution in [0.3, 0.4) is 0 Å². The maximum absolute atomic E-state index is 10.2. The third-order valence-electron chi connectivity index (χ3n) is 4.07. The fourth-order valence-electron chi connectivity index (χ4n) is 2.97.